The van der Waals surface area contributed by atoms with E-state index in [1.165, 1.54) is 24.3 Å². The lowest BCUT2D eigenvalue weighted by atomic mass is 10.1. The molecule has 100 valence electrons. The van der Waals surface area contributed by atoms with E-state index in [9.17, 15) is 4.79 Å². The van der Waals surface area contributed by atoms with E-state index < -0.39 is 5.91 Å². The van der Waals surface area contributed by atoms with Crippen LogP contribution >= 0.6 is 34.8 Å². The maximum Gasteiger partial charge on any atom is 0.257 e. The first-order valence-corrected chi connectivity index (χ1v) is 6.60. The SMILES string of the molecule is N#Cc1ccc(Cl)cc1NC(=O)c1cc(Cl)ccc1Cl. The number of hydrogen-bond donors (Lipinski definition) is 1. The van der Waals surface area contributed by atoms with E-state index in [2.05, 4.69) is 5.32 Å². The summed E-state index contributed by atoms with van der Waals surface area (Å²) in [6.45, 7) is 0. The van der Waals surface area contributed by atoms with E-state index in [-0.39, 0.29) is 10.6 Å². The number of amides is 1. The second-order valence-electron chi connectivity index (χ2n) is 3.88. The zero-order chi connectivity index (χ0) is 14.7. The minimum absolute atomic E-state index is 0.225. The summed E-state index contributed by atoms with van der Waals surface area (Å²) in [7, 11) is 0. The van der Waals surface area contributed by atoms with Crippen molar-refractivity contribution in [3.63, 3.8) is 0 Å². The summed E-state index contributed by atoms with van der Waals surface area (Å²) in [5.74, 6) is -0.462. The van der Waals surface area contributed by atoms with Gasteiger partial charge in [0, 0.05) is 10.0 Å². The van der Waals surface area contributed by atoms with Gasteiger partial charge in [-0.2, -0.15) is 5.26 Å². The molecule has 0 unspecified atom stereocenters. The summed E-state index contributed by atoms with van der Waals surface area (Å²) in [6, 6.07) is 11.1. The van der Waals surface area contributed by atoms with Crippen molar-refractivity contribution < 1.29 is 4.79 Å². The highest BCUT2D eigenvalue weighted by Gasteiger charge is 2.13. The van der Waals surface area contributed by atoms with Crippen LogP contribution in [0.2, 0.25) is 15.1 Å². The molecule has 2 rings (SSSR count). The first kappa shape index (κ1) is 14.7. The van der Waals surface area contributed by atoms with Gasteiger partial charge in [-0.15, -0.1) is 0 Å². The smallest absolute Gasteiger partial charge is 0.257 e. The van der Waals surface area contributed by atoms with Crippen molar-refractivity contribution in [3.05, 3.63) is 62.6 Å². The third-order valence-electron chi connectivity index (χ3n) is 2.52. The Kier molecular flexibility index (Phi) is 4.51. The van der Waals surface area contributed by atoms with Crippen molar-refractivity contribution in [1.29, 1.82) is 5.26 Å². The Bertz CT molecular complexity index is 723. The van der Waals surface area contributed by atoms with E-state index in [0.717, 1.165) is 0 Å². The minimum Gasteiger partial charge on any atom is -0.321 e. The van der Waals surface area contributed by atoms with Gasteiger partial charge >= 0.3 is 0 Å². The van der Waals surface area contributed by atoms with Crippen molar-refractivity contribution in [2.75, 3.05) is 5.32 Å². The van der Waals surface area contributed by atoms with Crippen LogP contribution in [0.4, 0.5) is 5.69 Å². The van der Waals surface area contributed by atoms with Crippen LogP contribution in [0, 0.1) is 11.3 Å². The molecule has 0 aromatic heterocycles. The molecular weight excluding hydrogens is 319 g/mol. The molecule has 2 aromatic rings. The van der Waals surface area contributed by atoms with Crippen LogP contribution in [0.1, 0.15) is 15.9 Å². The van der Waals surface area contributed by atoms with Crippen molar-refractivity contribution >= 4 is 46.4 Å². The standard InChI is InChI=1S/C14H7Cl3N2O/c15-9-3-4-12(17)11(5-9)14(20)19-13-6-10(16)2-1-8(13)7-18/h1-6H,(H,19,20). The normalized spacial score (nSPS) is 9.90. The molecule has 3 nitrogen and oxygen atoms in total. The highest BCUT2D eigenvalue weighted by Crippen LogP contribution is 2.24. The Hall–Kier alpha value is -1.73. The molecule has 1 N–H and O–H groups in total. The van der Waals surface area contributed by atoms with Crippen LogP contribution in [-0.4, -0.2) is 5.91 Å². The molecule has 1 amide bonds. The average molecular weight is 326 g/mol. The predicted molar refractivity (Wildman–Crippen MR) is 80.6 cm³/mol. The van der Waals surface area contributed by atoms with Gasteiger partial charge in [0.05, 0.1) is 21.8 Å². The Labute approximate surface area is 130 Å². The van der Waals surface area contributed by atoms with Crippen molar-refractivity contribution in [1.82, 2.24) is 0 Å². The topological polar surface area (TPSA) is 52.9 Å². The second kappa shape index (κ2) is 6.15. The number of rotatable bonds is 2. The summed E-state index contributed by atoms with van der Waals surface area (Å²) in [5.41, 5.74) is 0.852. The molecule has 2 aromatic carbocycles. The van der Waals surface area contributed by atoms with Crippen LogP contribution in [-0.2, 0) is 0 Å². The number of nitrogens with zero attached hydrogens (tertiary/aromatic N) is 1. The fraction of sp³-hybridized carbons (Fsp3) is 0. The number of nitrogens with one attached hydrogen (secondary N) is 1. The number of benzene rings is 2. The summed E-state index contributed by atoms with van der Waals surface area (Å²) in [4.78, 5) is 12.2. The molecule has 0 heterocycles. The number of hydrogen-bond acceptors (Lipinski definition) is 2. The molecule has 6 heteroatoms. The number of carbonyl (C=O) groups is 1. The van der Waals surface area contributed by atoms with Crippen LogP contribution in [0.3, 0.4) is 0 Å². The molecule has 0 aliphatic rings. The summed E-state index contributed by atoms with van der Waals surface area (Å²) in [5, 5.41) is 12.7. The van der Waals surface area contributed by atoms with E-state index in [0.29, 0.717) is 21.3 Å². The van der Waals surface area contributed by atoms with Crippen molar-refractivity contribution in [3.8, 4) is 6.07 Å². The van der Waals surface area contributed by atoms with Gasteiger partial charge in [0.1, 0.15) is 6.07 Å². The van der Waals surface area contributed by atoms with Gasteiger partial charge in [0.15, 0.2) is 0 Å². The quantitative estimate of drug-likeness (QED) is 0.864. The van der Waals surface area contributed by atoms with Gasteiger partial charge in [-0.1, -0.05) is 34.8 Å². The van der Waals surface area contributed by atoms with Gasteiger partial charge in [0.25, 0.3) is 5.91 Å². The van der Waals surface area contributed by atoms with Gasteiger partial charge in [-0.25, -0.2) is 0 Å². The van der Waals surface area contributed by atoms with E-state index in [1.54, 1.807) is 12.1 Å². The van der Waals surface area contributed by atoms with Crippen LogP contribution in [0.25, 0.3) is 0 Å². The average Bonchev–Trinajstić information content (AvgIpc) is 2.41. The molecule has 0 saturated carbocycles. The molecule has 20 heavy (non-hydrogen) atoms. The summed E-state index contributed by atoms with van der Waals surface area (Å²) in [6.07, 6.45) is 0. The summed E-state index contributed by atoms with van der Waals surface area (Å²) >= 11 is 17.6. The molecule has 0 radical (unpaired) electrons. The van der Waals surface area contributed by atoms with Gasteiger partial charge in [0.2, 0.25) is 0 Å². The zero-order valence-corrected chi connectivity index (χ0v) is 12.2. The lowest BCUT2D eigenvalue weighted by Gasteiger charge is -2.09. The molecule has 0 aliphatic heterocycles. The Morgan fingerprint density at radius 3 is 2.40 bits per heavy atom. The van der Waals surface area contributed by atoms with Crippen molar-refractivity contribution in [2.24, 2.45) is 0 Å². The van der Waals surface area contributed by atoms with E-state index >= 15 is 0 Å². The summed E-state index contributed by atoms with van der Waals surface area (Å²) < 4.78 is 0. The zero-order valence-electron chi connectivity index (χ0n) is 9.95. The largest absolute Gasteiger partial charge is 0.321 e. The Morgan fingerprint density at radius 1 is 1.05 bits per heavy atom. The molecule has 0 bridgehead atoms. The molecule has 0 saturated heterocycles. The maximum atomic E-state index is 12.2. The van der Waals surface area contributed by atoms with E-state index in [4.69, 9.17) is 40.1 Å². The first-order valence-electron chi connectivity index (χ1n) is 5.47. The number of carbonyl (C=O) groups excluding carboxylic acids is 1. The highest BCUT2D eigenvalue weighted by atomic mass is 35.5. The van der Waals surface area contributed by atoms with Crippen molar-refractivity contribution in [2.45, 2.75) is 0 Å². The van der Waals surface area contributed by atoms with E-state index in [1.807, 2.05) is 6.07 Å². The third kappa shape index (κ3) is 3.23. The lowest BCUT2D eigenvalue weighted by molar-refractivity contribution is 0.102. The van der Waals surface area contributed by atoms with Gasteiger partial charge in [-0.05, 0) is 36.4 Å². The predicted octanol–water partition coefficient (Wildman–Crippen LogP) is 4.77. The highest BCUT2D eigenvalue weighted by molar-refractivity contribution is 6.36. The van der Waals surface area contributed by atoms with Gasteiger partial charge < -0.3 is 5.32 Å². The van der Waals surface area contributed by atoms with Crippen LogP contribution in [0.5, 0.6) is 0 Å². The lowest BCUT2D eigenvalue weighted by Crippen LogP contribution is -2.13. The number of halogens is 3. The second-order valence-corrected chi connectivity index (χ2v) is 5.16. The van der Waals surface area contributed by atoms with Gasteiger partial charge in [-0.3, -0.25) is 4.79 Å². The number of nitriles is 1. The Balaban J connectivity index is 2.35. The number of anilines is 1. The maximum absolute atomic E-state index is 12.2. The van der Waals surface area contributed by atoms with Crippen LogP contribution in [0.15, 0.2) is 36.4 Å². The monoisotopic (exact) mass is 324 g/mol. The molecule has 0 atom stereocenters. The molecule has 0 fully saturated rings. The minimum atomic E-state index is -0.462. The fourth-order valence-electron chi connectivity index (χ4n) is 1.58. The van der Waals surface area contributed by atoms with Crippen LogP contribution < -0.4 is 5.32 Å². The molecule has 0 aliphatic carbocycles. The third-order valence-corrected chi connectivity index (χ3v) is 3.32. The first-order chi connectivity index (χ1) is 9.51. The fourth-order valence-corrected chi connectivity index (χ4v) is 2.13. The molecule has 0 spiro atoms. The molecular formula is C14H7Cl3N2O. The Morgan fingerprint density at radius 2 is 1.70 bits per heavy atom.